The zero-order valence-electron chi connectivity index (χ0n) is 31.3. The van der Waals surface area contributed by atoms with E-state index >= 15 is 4.39 Å². The number of alkyl carbamates (subject to hydrolysis) is 1. The smallest absolute Gasteiger partial charge is 0.412 e. The van der Waals surface area contributed by atoms with Crippen molar-refractivity contribution in [1.82, 2.24) is 30.0 Å². The minimum Gasteiger partial charge on any atom is -0.497 e. The molecule has 1 amide bonds. The van der Waals surface area contributed by atoms with Crippen LogP contribution in [0.25, 0.3) is 5.95 Å². The number of hydrogen-bond donors (Lipinski definition) is 4. The van der Waals surface area contributed by atoms with E-state index < -0.39 is 24.6 Å². The summed E-state index contributed by atoms with van der Waals surface area (Å²) in [6, 6.07) is 11.1. The average molecular weight is 763 g/mol. The van der Waals surface area contributed by atoms with Crippen LogP contribution in [0.5, 0.6) is 17.5 Å². The maximum absolute atomic E-state index is 16.3. The molecule has 0 saturated heterocycles. The zero-order chi connectivity index (χ0) is 39.4. The lowest BCUT2D eigenvalue weighted by Crippen LogP contribution is -2.33. The summed E-state index contributed by atoms with van der Waals surface area (Å²) in [5, 5.41) is 28.0. The van der Waals surface area contributed by atoms with Crippen molar-refractivity contribution in [2.75, 3.05) is 45.6 Å². The maximum atomic E-state index is 16.3. The highest BCUT2D eigenvalue weighted by molar-refractivity contribution is 6.04. The van der Waals surface area contributed by atoms with E-state index in [-0.39, 0.29) is 84.3 Å². The molecule has 2 aromatic heterocycles. The SMILES string of the molecule is COc1cc(OCCO)c(F)c(C(CNc2ccc(C(=N)NC(=O)OCC(C)(C)C)cc2)c2nc(OCOC(=O)C3CCCCC3)n(-c3ncccn3)n2)c1. The molecule has 0 radical (unpaired) electrons. The molecule has 2 aromatic carbocycles. The van der Waals surface area contributed by atoms with Gasteiger partial charge in [0.1, 0.15) is 18.2 Å². The summed E-state index contributed by atoms with van der Waals surface area (Å²) < 4.78 is 45.0. The van der Waals surface area contributed by atoms with Crippen LogP contribution < -0.4 is 24.8 Å². The van der Waals surface area contributed by atoms with Gasteiger partial charge in [-0.3, -0.25) is 15.5 Å². The van der Waals surface area contributed by atoms with Crippen LogP contribution in [-0.2, 0) is 14.3 Å². The van der Waals surface area contributed by atoms with Gasteiger partial charge in [-0.05, 0) is 54.7 Å². The van der Waals surface area contributed by atoms with E-state index in [4.69, 9.17) is 29.1 Å². The van der Waals surface area contributed by atoms with E-state index in [1.165, 1.54) is 36.3 Å². The molecule has 2 heterocycles. The number of ether oxygens (including phenoxy) is 5. The van der Waals surface area contributed by atoms with Crippen molar-refractivity contribution in [3.05, 3.63) is 77.6 Å². The summed E-state index contributed by atoms with van der Waals surface area (Å²) in [6.45, 7) is 5.05. The van der Waals surface area contributed by atoms with E-state index in [2.05, 4.69) is 30.7 Å². The first-order valence-electron chi connectivity index (χ1n) is 18.0. The lowest BCUT2D eigenvalue weighted by molar-refractivity contribution is -0.156. The highest BCUT2D eigenvalue weighted by Crippen LogP contribution is 2.35. The minimum absolute atomic E-state index is 0.0213. The van der Waals surface area contributed by atoms with Crippen LogP contribution >= 0.6 is 0 Å². The number of nitrogens with one attached hydrogen (secondary N) is 3. The van der Waals surface area contributed by atoms with Gasteiger partial charge in [-0.2, -0.15) is 4.98 Å². The Hall–Kier alpha value is -5.84. The number of aliphatic hydroxyl groups excluding tert-OH is 1. The normalized spacial score (nSPS) is 13.7. The summed E-state index contributed by atoms with van der Waals surface area (Å²) in [5.74, 6) is -2.03. The van der Waals surface area contributed by atoms with Gasteiger partial charge in [0, 0.05) is 41.8 Å². The number of hydrogen-bond acceptors (Lipinski definition) is 14. The Morgan fingerprint density at radius 2 is 1.78 bits per heavy atom. The average Bonchev–Trinajstić information content (AvgIpc) is 3.61. The van der Waals surface area contributed by atoms with E-state index in [0.717, 1.165) is 32.1 Å². The van der Waals surface area contributed by atoms with Crippen LogP contribution in [-0.4, -0.2) is 88.0 Å². The Bertz CT molecular complexity index is 1900. The van der Waals surface area contributed by atoms with Crippen LogP contribution in [0.15, 0.2) is 54.9 Å². The van der Waals surface area contributed by atoms with Gasteiger partial charge in [0.15, 0.2) is 17.4 Å². The largest absolute Gasteiger partial charge is 0.497 e. The monoisotopic (exact) mass is 762 g/mol. The molecule has 4 N–H and O–H groups in total. The van der Waals surface area contributed by atoms with Gasteiger partial charge in [-0.25, -0.2) is 19.2 Å². The Morgan fingerprint density at radius 3 is 2.45 bits per heavy atom. The van der Waals surface area contributed by atoms with Gasteiger partial charge < -0.3 is 34.1 Å². The maximum Gasteiger partial charge on any atom is 0.412 e. The van der Waals surface area contributed by atoms with E-state index in [1.54, 1.807) is 30.3 Å². The first-order valence-corrected chi connectivity index (χ1v) is 18.0. The fourth-order valence-electron chi connectivity index (χ4n) is 5.71. The molecule has 4 aromatic rings. The van der Waals surface area contributed by atoms with Crippen LogP contribution in [0, 0.1) is 22.6 Å². The van der Waals surface area contributed by atoms with Crippen molar-refractivity contribution >= 4 is 23.6 Å². The Labute approximate surface area is 318 Å². The number of carbonyl (C=O) groups excluding carboxylic acids is 2. The lowest BCUT2D eigenvalue weighted by Gasteiger charge is -2.20. The molecule has 1 atom stereocenters. The Balaban J connectivity index is 1.43. The number of anilines is 1. The molecule has 1 aliphatic carbocycles. The number of carbonyl (C=O) groups is 2. The Morgan fingerprint density at radius 1 is 1.05 bits per heavy atom. The third-order valence-electron chi connectivity index (χ3n) is 8.52. The number of aromatic nitrogens is 5. The predicted molar refractivity (Wildman–Crippen MR) is 198 cm³/mol. The third-order valence-corrected chi connectivity index (χ3v) is 8.52. The number of methoxy groups -OCH3 is 1. The molecule has 0 aliphatic heterocycles. The van der Waals surface area contributed by atoms with Crippen molar-refractivity contribution < 1.29 is 42.8 Å². The second-order valence-corrected chi connectivity index (χ2v) is 14.0. The quantitative estimate of drug-likeness (QED) is 0.0491. The molecule has 1 aliphatic rings. The number of nitrogens with zero attached hydrogens (tertiary/aromatic N) is 5. The van der Waals surface area contributed by atoms with Gasteiger partial charge in [0.05, 0.1) is 32.2 Å². The summed E-state index contributed by atoms with van der Waals surface area (Å²) in [4.78, 5) is 38.1. The first-order chi connectivity index (χ1) is 26.5. The minimum atomic E-state index is -0.930. The van der Waals surface area contributed by atoms with Gasteiger partial charge in [-0.1, -0.05) is 40.0 Å². The highest BCUT2D eigenvalue weighted by atomic mass is 19.1. The second kappa shape index (κ2) is 19.0. The highest BCUT2D eigenvalue weighted by Gasteiger charge is 2.29. The van der Waals surface area contributed by atoms with Crippen LogP contribution in [0.2, 0.25) is 0 Å². The third kappa shape index (κ3) is 11.3. The van der Waals surface area contributed by atoms with Crippen molar-refractivity contribution in [3.8, 4) is 23.5 Å². The topological polar surface area (TPSA) is 205 Å². The number of esters is 1. The number of amidine groups is 1. The van der Waals surface area contributed by atoms with E-state index in [0.29, 0.717) is 11.3 Å². The van der Waals surface area contributed by atoms with E-state index in [1.807, 2.05) is 20.8 Å². The number of rotatable bonds is 16. The molecular weight excluding hydrogens is 715 g/mol. The first kappa shape index (κ1) is 40.3. The van der Waals surface area contributed by atoms with Crippen molar-refractivity contribution in [2.24, 2.45) is 11.3 Å². The standard InChI is InChI=1S/C38H47FN8O8/c1-38(2,3)22-53-37(50)44-32(40)24-11-13-26(14-12-24)43-21-29(28-19-27(51-4)20-30(31(28)39)52-18-17-48)33-45-36(47(46-33)35-41-15-8-16-42-35)55-23-54-34(49)25-9-6-5-7-10-25/h8,11-16,19-20,25,29,43,48H,5-7,9-10,17-18,21-23H2,1-4H3,(H2,40,44,50). The second-order valence-electron chi connectivity index (χ2n) is 14.0. The molecule has 17 heteroatoms. The summed E-state index contributed by atoms with van der Waals surface area (Å²) in [7, 11) is 1.43. The molecule has 0 bridgehead atoms. The van der Waals surface area contributed by atoms with Gasteiger partial charge >= 0.3 is 18.1 Å². The number of benzene rings is 2. The van der Waals surface area contributed by atoms with Gasteiger partial charge in [0.2, 0.25) is 6.79 Å². The van der Waals surface area contributed by atoms with Crippen molar-refractivity contribution in [3.63, 3.8) is 0 Å². The molecule has 1 unspecified atom stereocenters. The fraction of sp³-hybridized carbons (Fsp3) is 0.447. The lowest BCUT2D eigenvalue weighted by atomic mass is 9.89. The molecular formula is C38H47FN8O8. The van der Waals surface area contributed by atoms with Gasteiger partial charge in [-0.15, -0.1) is 9.78 Å². The number of aliphatic hydroxyl groups is 1. The number of halogens is 1. The van der Waals surface area contributed by atoms with E-state index in [9.17, 15) is 14.7 Å². The van der Waals surface area contributed by atoms with Crippen LogP contribution in [0.1, 0.15) is 75.7 Å². The molecule has 1 saturated carbocycles. The summed E-state index contributed by atoms with van der Waals surface area (Å²) >= 11 is 0. The molecule has 55 heavy (non-hydrogen) atoms. The summed E-state index contributed by atoms with van der Waals surface area (Å²) in [6.07, 6.45) is 6.83. The molecule has 1 fully saturated rings. The molecule has 0 spiro atoms. The zero-order valence-corrected chi connectivity index (χ0v) is 31.3. The van der Waals surface area contributed by atoms with Crippen LogP contribution in [0.3, 0.4) is 0 Å². The van der Waals surface area contributed by atoms with Crippen molar-refractivity contribution in [2.45, 2.75) is 58.8 Å². The summed E-state index contributed by atoms with van der Waals surface area (Å²) in [5.41, 5.74) is 0.882. The molecule has 294 valence electrons. The van der Waals surface area contributed by atoms with Gasteiger partial charge in [0.25, 0.3) is 5.95 Å². The van der Waals surface area contributed by atoms with Crippen LogP contribution in [0.4, 0.5) is 14.9 Å². The number of amides is 1. The molecule has 5 rings (SSSR count). The predicted octanol–water partition coefficient (Wildman–Crippen LogP) is 5.38. The Kier molecular flexibility index (Phi) is 13.9. The molecule has 16 nitrogen and oxygen atoms in total. The fourth-order valence-corrected chi connectivity index (χ4v) is 5.71. The van der Waals surface area contributed by atoms with Crippen molar-refractivity contribution in [1.29, 1.82) is 5.41 Å².